The highest BCUT2D eigenvalue weighted by atomic mass is 16.5. The fraction of sp³-hybridized carbons (Fsp3) is 0.500. The van der Waals surface area contributed by atoms with Crippen LogP contribution in [0.4, 0.5) is 4.79 Å². The van der Waals surface area contributed by atoms with Gasteiger partial charge in [0.05, 0.1) is 6.10 Å². The van der Waals surface area contributed by atoms with Crippen molar-refractivity contribution in [3.63, 3.8) is 0 Å². The van der Waals surface area contributed by atoms with Crippen LogP contribution in [0.15, 0.2) is 30.3 Å². The molecule has 2 atom stereocenters. The molecule has 2 fully saturated rings. The Kier molecular flexibility index (Phi) is 7.11. The molecule has 3 rings (SSSR count). The van der Waals surface area contributed by atoms with Gasteiger partial charge < -0.3 is 20.5 Å². The van der Waals surface area contributed by atoms with Gasteiger partial charge in [0.2, 0.25) is 0 Å². The monoisotopic (exact) mass is 363 g/mol. The van der Waals surface area contributed by atoms with Gasteiger partial charge >= 0.3 is 6.03 Å². The number of nitrogens with one attached hydrogen (secondary N) is 3. The predicted molar refractivity (Wildman–Crippen MR) is 94.0 cm³/mol. The van der Waals surface area contributed by atoms with Gasteiger partial charge in [0, 0.05) is 0 Å². The molecule has 0 aliphatic carbocycles. The van der Waals surface area contributed by atoms with Crippen molar-refractivity contribution in [1.29, 1.82) is 0 Å². The second-order valence-electron chi connectivity index (χ2n) is 6.54. The summed E-state index contributed by atoms with van der Waals surface area (Å²) in [5.74, 6) is -0.390. The smallest absolute Gasteiger partial charge is 0.322 e. The first kappa shape index (κ1) is 19.9. The Morgan fingerprint density at radius 2 is 1.92 bits per heavy atom. The zero-order valence-electron chi connectivity index (χ0n) is 14.7. The maximum atomic E-state index is 11.6. The SMILES string of the molecule is CC1(C(O)C2CCNCC2)NC(=O)NC1=O.O=COCc1ccccc1. The minimum absolute atomic E-state index is 0.0513. The van der Waals surface area contributed by atoms with E-state index in [1.165, 1.54) is 0 Å². The summed E-state index contributed by atoms with van der Waals surface area (Å²) in [5, 5.41) is 18.1. The lowest BCUT2D eigenvalue weighted by Gasteiger charge is -2.35. The Hall–Kier alpha value is -2.45. The molecule has 8 nitrogen and oxygen atoms in total. The van der Waals surface area contributed by atoms with E-state index >= 15 is 0 Å². The van der Waals surface area contributed by atoms with E-state index in [2.05, 4.69) is 20.7 Å². The van der Waals surface area contributed by atoms with E-state index in [4.69, 9.17) is 0 Å². The van der Waals surface area contributed by atoms with Crippen molar-refractivity contribution >= 4 is 18.4 Å². The van der Waals surface area contributed by atoms with Crippen molar-refractivity contribution in [3.05, 3.63) is 35.9 Å². The quantitative estimate of drug-likeness (QED) is 0.442. The minimum atomic E-state index is -1.18. The lowest BCUT2D eigenvalue weighted by Crippen LogP contribution is -2.57. The molecular weight excluding hydrogens is 338 g/mol. The van der Waals surface area contributed by atoms with Gasteiger partial charge in [0.15, 0.2) is 0 Å². The lowest BCUT2D eigenvalue weighted by molar-refractivity contribution is -0.130. The minimum Gasteiger partial charge on any atom is -0.463 e. The van der Waals surface area contributed by atoms with E-state index in [-0.39, 0.29) is 5.92 Å². The molecule has 0 aromatic heterocycles. The predicted octanol–water partition coefficient (Wildman–Crippen LogP) is 0.305. The summed E-state index contributed by atoms with van der Waals surface area (Å²) in [6.07, 6.45) is 0.806. The highest BCUT2D eigenvalue weighted by molar-refractivity contribution is 6.07. The average molecular weight is 363 g/mol. The Morgan fingerprint density at radius 1 is 1.27 bits per heavy atom. The molecule has 2 aliphatic heterocycles. The van der Waals surface area contributed by atoms with Crippen molar-refractivity contribution in [1.82, 2.24) is 16.0 Å². The van der Waals surface area contributed by atoms with Gasteiger partial charge in [0.1, 0.15) is 12.1 Å². The molecule has 0 spiro atoms. The molecule has 142 valence electrons. The fourth-order valence-corrected chi connectivity index (χ4v) is 3.10. The number of aliphatic hydroxyl groups is 1. The van der Waals surface area contributed by atoms with Crippen LogP contribution in [0.5, 0.6) is 0 Å². The third-order valence-corrected chi connectivity index (χ3v) is 4.65. The summed E-state index contributed by atoms with van der Waals surface area (Å²) in [4.78, 5) is 32.5. The number of ether oxygens (including phenoxy) is 1. The number of hydrogen-bond acceptors (Lipinski definition) is 6. The Bertz CT molecular complexity index is 619. The third kappa shape index (κ3) is 5.03. The van der Waals surface area contributed by atoms with Crippen molar-refractivity contribution in [2.75, 3.05) is 13.1 Å². The number of carbonyl (C=O) groups is 3. The largest absolute Gasteiger partial charge is 0.463 e. The average Bonchev–Trinajstić information content (AvgIpc) is 2.94. The van der Waals surface area contributed by atoms with Crippen molar-refractivity contribution in [2.24, 2.45) is 5.92 Å². The lowest BCUT2D eigenvalue weighted by atomic mass is 9.81. The molecule has 2 aliphatic rings. The molecule has 26 heavy (non-hydrogen) atoms. The first-order valence-electron chi connectivity index (χ1n) is 8.59. The van der Waals surface area contributed by atoms with Gasteiger partial charge in [-0.05, 0) is 44.3 Å². The van der Waals surface area contributed by atoms with Crippen molar-refractivity contribution in [2.45, 2.75) is 38.0 Å². The molecule has 3 amide bonds. The number of urea groups is 1. The molecule has 0 radical (unpaired) electrons. The number of benzene rings is 1. The second kappa shape index (κ2) is 9.30. The summed E-state index contributed by atoms with van der Waals surface area (Å²) in [6, 6.07) is 9.02. The topological polar surface area (TPSA) is 117 Å². The molecule has 0 saturated carbocycles. The zero-order chi connectivity index (χ0) is 19.0. The number of aliphatic hydroxyl groups excluding tert-OH is 1. The fourth-order valence-electron chi connectivity index (χ4n) is 3.10. The summed E-state index contributed by atoms with van der Waals surface area (Å²) < 4.78 is 4.54. The van der Waals surface area contributed by atoms with E-state index in [9.17, 15) is 19.5 Å². The van der Waals surface area contributed by atoms with Crippen LogP contribution in [0.1, 0.15) is 25.3 Å². The van der Waals surface area contributed by atoms with Gasteiger partial charge in [0.25, 0.3) is 12.4 Å². The van der Waals surface area contributed by atoms with Gasteiger partial charge in [-0.15, -0.1) is 0 Å². The highest BCUT2D eigenvalue weighted by Crippen LogP contribution is 2.26. The highest BCUT2D eigenvalue weighted by Gasteiger charge is 2.50. The zero-order valence-corrected chi connectivity index (χ0v) is 14.7. The number of hydrogen-bond donors (Lipinski definition) is 4. The standard InChI is InChI=1S/C10H17N3O3.C8H8O2/c1-10(8(15)12-9(16)13-10)7(14)6-2-4-11-5-3-6;9-7-10-6-8-4-2-1-3-5-8/h6-7,11,14H,2-5H2,1H3,(H2,12,13,15,16);1-5,7H,6H2. The van der Waals surface area contributed by atoms with Crippen LogP contribution in [-0.2, 0) is 20.9 Å². The van der Waals surface area contributed by atoms with Gasteiger partial charge in [-0.3, -0.25) is 14.9 Å². The molecule has 1 aromatic rings. The number of rotatable bonds is 5. The molecule has 1 aromatic carbocycles. The summed E-state index contributed by atoms with van der Waals surface area (Å²) in [6.45, 7) is 4.07. The van der Waals surface area contributed by atoms with E-state index in [1.54, 1.807) is 6.92 Å². The van der Waals surface area contributed by atoms with Gasteiger partial charge in [-0.25, -0.2) is 4.79 Å². The van der Waals surface area contributed by atoms with E-state index < -0.39 is 23.6 Å². The van der Waals surface area contributed by atoms with E-state index in [1.807, 2.05) is 30.3 Å². The second-order valence-corrected chi connectivity index (χ2v) is 6.54. The van der Waals surface area contributed by atoms with Gasteiger partial charge in [-0.2, -0.15) is 0 Å². The number of imide groups is 1. The Balaban J connectivity index is 0.000000209. The van der Waals surface area contributed by atoms with Crippen LogP contribution < -0.4 is 16.0 Å². The number of amides is 3. The maximum Gasteiger partial charge on any atom is 0.322 e. The normalized spacial score (nSPS) is 23.9. The summed E-state index contributed by atoms with van der Waals surface area (Å²) >= 11 is 0. The first-order valence-corrected chi connectivity index (χ1v) is 8.59. The molecule has 0 bridgehead atoms. The van der Waals surface area contributed by atoms with Crippen LogP contribution >= 0.6 is 0 Å². The molecule has 4 N–H and O–H groups in total. The molecule has 2 saturated heterocycles. The molecule has 8 heteroatoms. The molecule has 2 heterocycles. The summed E-state index contributed by atoms with van der Waals surface area (Å²) in [7, 11) is 0. The molecule has 2 unspecified atom stereocenters. The van der Waals surface area contributed by atoms with Crippen LogP contribution in [0.25, 0.3) is 0 Å². The number of piperidine rings is 1. The van der Waals surface area contributed by atoms with Crippen LogP contribution in [0.3, 0.4) is 0 Å². The summed E-state index contributed by atoms with van der Waals surface area (Å²) in [5.41, 5.74) is -0.173. The van der Waals surface area contributed by atoms with Crippen molar-refractivity contribution < 1.29 is 24.2 Å². The first-order chi connectivity index (χ1) is 12.5. The van der Waals surface area contributed by atoms with Crippen LogP contribution in [0.2, 0.25) is 0 Å². The van der Waals surface area contributed by atoms with E-state index in [0.717, 1.165) is 31.5 Å². The number of carbonyl (C=O) groups excluding carboxylic acids is 3. The Labute approximate surface area is 152 Å². The third-order valence-electron chi connectivity index (χ3n) is 4.65. The Morgan fingerprint density at radius 3 is 2.46 bits per heavy atom. The maximum absolute atomic E-state index is 11.6. The van der Waals surface area contributed by atoms with Crippen LogP contribution in [-0.4, -0.2) is 48.2 Å². The van der Waals surface area contributed by atoms with Gasteiger partial charge in [-0.1, -0.05) is 30.3 Å². The van der Waals surface area contributed by atoms with Crippen LogP contribution in [0, 0.1) is 5.92 Å². The van der Waals surface area contributed by atoms with E-state index in [0.29, 0.717) is 13.1 Å². The van der Waals surface area contributed by atoms with Crippen molar-refractivity contribution in [3.8, 4) is 0 Å². The molecular formula is C18H25N3O5.